The Morgan fingerprint density at radius 3 is 2.89 bits per heavy atom. The number of rotatable bonds is 8. The number of aromatic nitrogens is 4. The van der Waals surface area contributed by atoms with Crippen LogP contribution in [0.4, 0.5) is 5.69 Å². The minimum atomic E-state index is -0.405. The van der Waals surface area contributed by atoms with E-state index in [0.717, 1.165) is 5.56 Å². The van der Waals surface area contributed by atoms with E-state index >= 15 is 0 Å². The smallest absolute Gasteiger partial charge is 0.276 e. The van der Waals surface area contributed by atoms with Crippen LogP contribution in [-0.4, -0.2) is 38.5 Å². The summed E-state index contributed by atoms with van der Waals surface area (Å²) in [6, 6.07) is 9.96. The molecule has 140 valence electrons. The molecule has 2 heterocycles. The number of benzene rings is 1. The van der Waals surface area contributed by atoms with Gasteiger partial charge in [0.1, 0.15) is 0 Å². The maximum absolute atomic E-state index is 12.4. The largest absolute Gasteiger partial charge is 0.375 e. The molecule has 1 amide bonds. The maximum atomic E-state index is 12.4. The molecule has 0 saturated heterocycles. The minimum Gasteiger partial charge on any atom is -0.375 e. The third-order valence-corrected chi connectivity index (χ3v) is 4.43. The Balaban J connectivity index is 1.51. The number of amides is 1. The van der Waals surface area contributed by atoms with Crippen LogP contribution in [0, 0.1) is 0 Å². The van der Waals surface area contributed by atoms with Crippen LogP contribution in [-0.2, 0) is 17.9 Å². The van der Waals surface area contributed by atoms with Crippen molar-refractivity contribution in [1.29, 1.82) is 0 Å². The van der Waals surface area contributed by atoms with E-state index in [4.69, 9.17) is 16.3 Å². The standard InChI is InChI=1S/C18H18ClN5O2S/c1-27-18-20-10-15(19)16(23-18)17(25)22-14-9-21-24(11-14)7-8-26-12-13-5-3-2-4-6-13/h2-6,9-11H,7-8,12H2,1H3,(H,22,25). The Kier molecular flexibility index (Phi) is 6.80. The lowest BCUT2D eigenvalue weighted by molar-refractivity contribution is 0.102. The van der Waals surface area contributed by atoms with Gasteiger partial charge in [0.25, 0.3) is 5.91 Å². The Labute approximate surface area is 166 Å². The second kappa shape index (κ2) is 9.50. The maximum Gasteiger partial charge on any atom is 0.276 e. The summed E-state index contributed by atoms with van der Waals surface area (Å²) in [5, 5.41) is 7.64. The van der Waals surface area contributed by atoms with Gasteiger partial charge in [-0.25, -0.2) is 9.97 Å². The Morgan fingerprint density at radius 1 is 1.30 bits per heavy atom. The molecule has 27 heavy (non-hydrogen) atoms. The molecule has 9 heteroatoms. The fourth-order valence-electron chi connectivity index (χ4n) is 2.27. The first-order chi connectivity index (χ1) is 13.2. The first-order valence-corrected chi connectivity index (χ1v) is 9.78. The highest BCUT2D eigenvalue weighted by Gasteiger charge is 2.15. The van der Waals surface area contributed by atoms with Crippen molar-refractivity contribution >= 4 is 35.0 Å². The predicted molar refractivity (Wildman–Crippen MR) is 105 cm³/mol. The normalized spacial score (nSPS) is 10.7. The second-order valence-electron chi connectivity index (χ2n) is 5.54. The Hall–Kier alpha value is -2.42. The van der Waals surface area contributed by atoms with Gasteiger partial charge in [-0.15, -0.1) is 0 Å². The number of ether oxygens (including phenoxy) is 1. The third kappa shape index (κ3) is 5.53. The molecule has 3 rings (SSSR count). The molecule has 0 radical (unpaired) electrons. The van der Waals surface area contributed by atoms with Crippen molar-refractivity contribution < 1.29 is 9.53 Å². The van der Waals surface area contributed by atoms with Crippen molar-refractivity contribution in [3.05, 3.63) is 65.2 Å². The molecule has 0 atom stereocenters. The lowest BCUT2D eigenvalue weighted by Crippen LogP contribution is -2.15. The highest BCUT2D eigenvalue weighted by Crippen LogP contribution is 2.18. The number of carbonyl (C=O) groups is 1. The van der Waals surface area contributed by atoms with E-state index in [1.54, 1.807) is 17.1 Å². The quantitative estimate of drug-likeness (QED) is 0.352. The Bertz CT molecular complexity index is 904. The number of carbonyl (C=O) groups excluding carboxylic acids is 1. The molecular formula is C18H18ClN5O2S. The average Bonchev–Trinajstić information content (AvgIpc) is 3.13. The van der Waals surface area contributed by atoms with E-state index in [9.17, 15) is 4.79 Å². The summed E-state index contributed by atoms with van der Waals surface area (Å²) in [6.07, 6.45) is 6.55. The zero-order valence-corrected chi connectivity index (χ0v) is 16.2. The summed E-state index contributed by atoms with van der Waals surface area (Å²) in [6.45, 7) is 1.64. The van der Waals surface area contributed by atoms with Crippen LogP contribution in [0.5, 0.6) is 0 Å². The number of nitrogens with zero attached hydrogens (tertiary/aromatic N) is 4. The molecule has 0 unspecified atom stereocenters. The van der Waals surface area contributed by atoms with E-state index in [2.05, 4.69) is 20.4 Å². The number of hydrogen-bond donors (Lipinski definition) is 1. The first-order valence-electron chi connectivity index (χ1n) is 8.17. The van der Waals surface area contributed by atoms with Crippen molar-refractivity contribution in [2.45, 2.75) is 18.3 Å². The third-order valence-electron chi connectivity index (χ3n) is 3.59. The monoisotopic (exact) mass is 403 g/mol. The van der Waals surface area contributed by atoms with E-state index in [0.29, 0.717) is 30.6 Å². The second-order valence-corrected chi connectivity index (χ2v) is 6.72. The van der Waals surface area contributed by atoms with Gasteiger partial charge < -0.3 is 10.1 Å². The van der Waals surface area contributed by atoms with Gasteiger partial charge in [-0.3, -0.25) is 9.48 Å². The van der Waals surface area contributed by atoms with Crippen LogP contribution < -0.4 is 5.32 Å². The zero-order valence-electron chi connectivity index (χ0n) is 14.6. The lowest BCUT2D eigenvalue weighted by Gasteiger charge is -2.05. The molecule has 1 aromatic carbocycles. The summed E-state index contributed by atoms with van der Waals surface area (Å²) in [4.78, 5) is 20.5. The van der Waals surface area contributed by atoms with Crippen LogP contribution in [0.1, 0.15) is 16.1 Å². The highest BCUT2D eigenvalue weighted by molar-refractivity contribution is 7.98. The van der Waals surface area contributed by atoms with E-state index in [1.165, 1.54) is 18.0 Å². The van der Waals surface area contributed by atoms with Gasteiger partial charge >= 0.3 is 0 Å². The van der Waals surface area contributed by atoms with Gasteiger partial charge in [0.2, 0.25) is 0 Å². The molecule has 1 N–H and O–H groups in total. The van der Waals surface area contributed by atoms with Crippen LogP contribution in [0.15, 0.2) is 54.1 Å². The van der Waals surface area contributed by atoms with Crippen LogP contribution >= 0.6 is 23.4 Å². The fraction of sp³-hybridized carbons (Fsp3) is 0.222. The Morgan fingerprint density at radius 2 is 2.11 bits per heavy atom. The van der Waals surface area contributed by atoms with E-state index < -0.39 is 5.91 Å². The molecule has 2 aromatic heterocycles. The number of anilines is 1. The van der Waals surface area contributed by atoms with E-state index in [-0.39, 0.29) is 10.7 Å². The van der Waals surface area contributed by atoms with Crippen molar-refractivity contribution in [3.8, 4) is 0 Å². The molecule has 0 fully saturated rings. The van der Waals surface area contributed by atoms with Gasteiger partial charge in [-0.2, -0.15) is 5.10 Å². The average molecular weight is 404 g/mol. The van der Waals surface area contributed by atoms with E-state index in [1.807, 2.05) is 36.6 Å². The molecular weight excluding hydrogens is 386 g/mol. The highest BCUT2D eigenvalue weighted by atomic mass is 35.5. The number of nitrogens with one attached hydrogen (secondary N) is 1. The number of halogens is 1. The molecule has 0 aliphatic heterocycles. The first kappa shape index (κ1) is 19.3. The van der Waals surface area contributed by atoms with Crippen molar-refractivity contribution in [2.24, 2.45) is 0 Å². The molecule has 0 bridgehead atoms. The van der Waals surface area contributed by atoms with Crippen molar-refractivity contribution in [2.75, 3.05) is 18.2 Å². The zero-order chi connectivity index (χ0) is 19.1. The predicted octanol–water partition coefficient (Wildman–Crippen LogP) is 3.52. The van der Waals surface area contributed by atoms with Crippen molar-refractivity contribution in [3.63, 3.8) is 0 Å². The van der Waals surface area contributed by atoms with Gasteiger partial charge in [0, 0.05) is 6.20 Å². The van der Waals surface area contributed by atoms with Gasteiger partial charge in [0.05, 0.1) is 42.9 Å². The summed E-state index contributed by atoms with van der Waals surface area (Å²) in [7, 11) is 0. The summed E-state index contributed by atoms with van der Waals surface area (Å²) in [5.41, 5.74) is 1.82. The summed E-state index contributed by atoms with van der Waals surface area (Å²) < 4.78 is 7.34. The number of hydrogen-bond acceptors (Lipinski definition) is 6. The molecule has 0 aliphatic carbocycles. The molecule has 0 spiro atoms. The molecule has 0 aliphatic rings. The molecule has 3 aromatic rings. The fourth-order valence-corrected chi connectivity index (χ4v) is 2.79. The number of thioether (sulfide) groups is 1. The van der Waals surface area contributed by atoms with Gasteiger partial charge in [0.15, 0.2) is 10.9 Å². The molecule has 0 saturated carbocycles. The van der Waals surface area contributed by atoms with Gasteiger partial charge in [-0.1, -0.05) is 53.7 Å². The SMILES string of the molecule is CSc1ncc(Cl)c(C(=O)Nc2cnn(CCOCc3ccccc3)c2)n1. The van der Waals surface area contributed by atoms with Crippen molar-refractivity contribution in [1.82, 2.24) is 19.7 Å². The lowest BCUT2D eigenvalue weighted by atomic mass is 10.2. The summed E-state index contributed by atoms with van der Waals surface area (Å²) >= 11 is 7.36. The van der Waals surface area contributed by atoms with Crippen LogP contribution in [0.25, 0.3) is 0 Å². The van der Waals surface area contributed by atoms with Crippen LogP contribution in [0.2, 0.25) is 5.02 Å². The topological polar surface area (TPSA) is 81.9 Å². The minimum absolute atomic E-state index is 0.134. The van der Waals surface area contributed by atoms with Crippen LogP contribution in [0.3, 0.4) is 0 Å². The van der Waals surface area contributed by atoms with Gasteiger partial charge in [-0.05, 0) is 11.8 Å². The summed E-state index contributed by atoms with van der Waals surface area (Å²) in [5.74, 6) is -0.405. The molecule has 7 nitrogen and oxygen atoms in total.